The van der Waals surface area contributed by atoms with Crippen LogP contribution in [0.3, 0.4) is 0 Å². The molecule has 1 unspecified atom stereocenters. The van der Waals surface area contributed by atoms with Gasteiger partial charge in [-0.3, -0.25) is 10.1 Å². The van der Waals surface area contributed by atoms with Gasteiger partial charge in [0.1, 0.15) is 0 Å². The highest BCUT2D eigenvalue weighted by atomic mass is 32.2. The summed E-state index contributed by atoms with van der Waals surface area (Å²) in [6.07, 6.45) is 0. The Hall–Kier alpha value is -1.23. The predicted molar refractivity (Wildman–Crippen MR) is 73.9 cm³/mol. The number of nitrogens with zero attached hydrogens (tertiary/aromatic N) is 1. The lowest BCUT2D eigenvalue weighted by Gasteiger charge is -2.14. The van der Waals surface area contributed by atoms with E-state index >= 15 is 0 Å². The summed E-state index contributed by atoms with van der Waals surface area (Å²) in [6.45, 7) is 6.00. The number of benzene rings is 1. The van der Waals surface area contributed by atoms with Gasteiger partial charge in [-0.25, -0.2) is 0 Å². The second-order valence-electron chi connectivity index (χ2n) is 3.96. The molecule has 0 aliphatic heterocycles. The molecular formula is C12H18N2O2S. The van der Waals surface area contributed by atoms with Crippen LogP contribution >= 0.6 is 11.8 Å². The molecule has 0 bridgehead atoms. The molecule has 0 saturated carbocycles. The van der Waals surface area contributed by atoms with Crippen molar-refractivity contribution in [2.75, 3.05) is 16.8 Å². The van der Waals surface area contributed by atoms with Crippen LogP contribution in [0.2, 0.25) is 0 Å². The molecule has 1 rings (SSSR count). The largest absolute Gasteiger partial charge is 0.382 e. The predicted octanol–water partition coefficient (Wildman–Crippen LogP) is 3.46. The Kier molecular flexibility index (Phi) is 5.28. The Bertz CT molecular complexity index is 396. The lowest BCUT2D eigenvalue weighted by Crippen LogP contribution is -2.18. The Morgan fingerprint density at radius 3 is 2.76 bits per heavy atom. The topological polar surface area (TPSA) is 55.2 Å². The highest BCUT2D eigenvalue weighted by molar-refractivity contribution is 7.99. The molecule has 0 aromatic heterocycles. The molecule has 0 radical (unpaired) electrons. The summed E-state index contributed by atoms with van der Waals surface area (Å²) in [6, 6.07) is 5.50. The molecule has 0 aliphatic carbocycles. The first-order valence-corrected chi connectivity index (χ1v) is 6.79. The van der Waals surface area contributed by atoms with Crippen LogP contribution in [0.1, 0.15) is 19.4 Å². The number of thioether (sulfide) groups is 1. The van der Waals surface area contributed by atoms with Crippen molar-refractivity contribution < 1.29 is 4.92 Å². The van der Waals surface area contributed by atoms with Crippen molar-refractivity contribution in [3.05, 3.63) is 33.9 Å². The van der Waals surface area contributed by atoms with Crippen LogP contribution in [0.25, 0.3) is 0 Å². The first kappa shape index (κ1) is 13.8. The molecule has 5 heteroatoms. The zero-order valence-electron chi connectivity index (χ0n) is 10.4. The van der Waals surface area contributed by atoms with Gasteiger partial charge in [-0.1, -0.05) is 6.92 Å². The second-order valence-corrected chi connectivity index (χ2v) is 5.28. The molecule has 4 nitrogen and oxygen atoms in total. The number of hydrogen-bond acceptors (Lipinski definition) is 4. The van der Waals surface area contributed by atoms with Crippen molar-refractivity contribution in [2.24, 2.45) is 0 Å². The number of nitrogens with one attached hydrogen (secondary N) is 1. The van der Waals surface area contributed by atoms with E-state index in [-0.39, 0.29) is 10.6 Å². The van der Waals surface area contributed by atoms with Gasteiger partial charge in [0.15, 0.2) is 0 Å². The molecule has 1 aromatic rings. The number of nitro groups is 1. The van der Waals surface area contributed by atoms with E-state index in [0.717, 1.165) is 17.2 Å². The maximum Gasteiger partial charge on any atom is 0.272 e. The zero-order valence-corrected chi connectivity index (χ0v) is 11.2. The van der Waals surface area contributed by atoms with Gasteiger partial charge in [0.2, 0.25) is 0 Å². The summed E-state index contributed by atoms with van der Waals surface area (Å²) in [5.41, 5.74) is 1.80. The minimum absolute atomic E-state index is 0.172. The number of aryl methyl sites for hydroxylation is 1. The van der Waals surface area contributed by atoms with Gasteiger partial charge < -0.3 is 5.32 Å². The third-order valence-electron chi connectivity index (χ3n) is 2.38. The van der Waals surface area contributed by atoms with Crippen molar-refractivity contribution in [3.8, 4) is 0 Å². The van der Waals surface area contributed by atoms with Crippen LogP contribution in [0, 0.1) is 17.0 Å². The average molecular weight is 254 g/mol. The van der Waals surface area contributed by atoms with Gasteiger partial charge in [0.05, 0.1) is 4.92 Å². The number of rotatable bonds is 6. The first-order valence-electron chi connectivity index (χ1n) is 5.64. The quantitative estimate of drug-likeness (QED) is 0.624. The molecule has 0 spiro atoms. The Morgan fingerprint density at radius 1 is 1.53 bits per heavy atom. The molecule has 1 N–H and O–H groups in total. The third kappa shape index (κ3) is 4.26. The summed E-state index contributed by atoms with van der Waals surface area (Å²) in [5, 5.41) is 14.0. The molecule has 1 aromatic carbocycles. The standard InChI is InChI=1S/C12H18N2O2S/c1-4-17-8-10(3)13-11-5-6-12(14(15)16)9(2)7-11/h5-7,10,13H,4,8H2,1-3H3. The van der Waals surface area contributed by atoms with E-state index in [1.165, 1.54) is 0 Å². The minimum atomic E-state index is -0.352. The normalized spacial score (nSPS) is 12.2. The minimum Gasteiger partial charge on any atom is -0.382 e. The van der Waals surface area contributed by atoms with Crippen LogP contribution in [-0.4, -0.2) is 22.5 Å². The van der Waals surface area contributed by atoms with Gasteiger partial charge in [-0.15, -0.1) is 0 Å². The molecule has 1 atom stereocenters. The summed E-state index contributed by atoms with van der Waals surface area (Å²) in [4.78, 5) is 10.3. The summed E-state index contributed by atoms with van der Waals surface area (Å²) < 4.78 is 0. The van der Waals surface area contributed by atoms with E-state index in [1.54, 1.807) is 19.1 Å². The van der Waals surface area contributed by atoms with Gasteiger partial charge in [0.25, 0.3) is 5.69 Å². The molecule has 0 heterocycles. The van der Waals surface area contributed by atoms with Crippen LogP contribution < -0.4 is 5.32 Å². The number of nitro benzene ring substituents is 1. The van der Waals surface area contributed by atoms with E-state index in [2.05, 4.69) is 19.2 Å². The fourth-order valence-corrected chi connectivity index (χ4v) is 2.24. The van der Waals surface area contributed by atoms with Gasteiger partial charge in [0, 0.05) is 29.1 Å². The Morgan fingerprint density at radius 2 is 2.24 bits per heavy atom. The highest BCUT2D eigenvalue weighted by Gasteiger charge is 2.10. The van der Waals surface area contributed by atoms with Crippen molar-refractivity contribution >= 4 is 23.1 Å². The molecule has 0 fully saturated rings. The van der Waals surface area contributed by atoms with Crippen LogP contribution in [0.4, 0.5) is 11.4 Å². The molecule has 0 amide bonds. The van der Waals surface area contributed by atoms with E-state index in [0.29, 0.717) is 11.6 Å². The van der Waals surface area contributed by atoms with Crippen molar-refractivity contribution in [1.29, 1.82) is 0 Å². The summed E-state index contributed by atoms with van der Waals surface area (Å²) >= 11 is 1.88. The number of anilines is 1. The molecule has 0 aliphatic rings. The van der Waals surface area contributed by atoms with Gasteiger partial charge >= 0.3 is 0 Å². The van der Waals surface area contributed by atoms with Crippen molar-refractivity contribution in [1.82, 2.24) is 0 Å². The first-order chi connectivity index (χ1) is 8.04. The fraction of sp³-hybridized carbons (Fsp3) is 0.500. The fourth-order valence-electron chi connectivity index (χ4n) is 1.57. The lowest BCUT2D eigenvalue weighted by molar-refractivity contribution is -0.385. The van der Waals surface area contributed by atoms with Crippen LogP contribution in [-0.2, 0) is 0 Å². The third-order valence-corrected chi connectivity index (χ3v) is 3.52. The van der Waals surface area contributed by atoms with E-state index in [9.17, 15) is 10.1 Å². The summed E-state index contributed by atoms with van der Waals surface area (Å²) in [5.74, 6) is 2.14. The maximum atomic E-state index is 10.7. The zero-order chi connectivity index (χ0) is 12.8. The van der Waals surface area contributed by atoms with Crippen molar-refractivity contribution in [2.45, 2.75) is 26.8 Å². The van der Waals surface area contributed by atoms with Gasteiger partial charge in [-0.05, 0) is 31.7 Å². The molecule has 17 heavy (non-hydrogen) atoms. The molecule has 0 saturated heterocycles. The highest BCUT2D eigenvalue weighted by Crippen LogP contribution is 2.22. The second kappa shape index (κ2) is 6.49. The Balaban J connectivity index is 2.67. The smallest absolute Gasteiger partial charge is 0.272 e. The summed E-state index contributed by atoms with van der Waals surface area (Å²) in [7, 11) is 0. The van der Waals surface area contributed by atoms with Crippen molar-refractivity contribution in [3.63, 3.8) is 0 Å². The SMILES string of the molecule is CCSCC(C)Nc1ccc([N+](=O)[O-])c(C)c1. The number of hydrogen-bond donors (Lipinski definition) is 1. The van der Waals surface area contributed by atoms with E-state index in [1.807, 2.05) is 17.8 Å². The average Bonchev–Trinajstić information content (AvgIpc) is 2.26. The molecular weight excluding hydrogens is 236 g/mol. The maximum absolute atomic E-state index is 10.7. The van der Waals surface area contributed by atoms with E-state index < -0.39 is 0 Å². The Labute approximate surface area is 106 Å². The van der Waals surface area contributed by atoms with Crippen LogP contribution in [0.5, 0.6) is 0 Å². The van der Waals surface area contributed by atoms with Gasteiger partial charge in [-0.2, -0.15) is 11.8 Å². The monoisotopic (exact) mass is 254 g/mol. The van der Waals surface area contributed by atoms with E-state index in [4.69, 9.17) is 0 Å². The molecule has 94 valence electrons. The van der Waals surface area contributed by atoms with Crippen LogP contribution in [0.15, 0.2) is 18.2 Å². The lowest BCUT2D eigenvalue weighted by atomic mass is 10.1.